The Morgan fingerprint density at radius 1 is 1.50 bits per heavy atom. The maximum absolute atomic E-state index is 10.3. The fourth-order valence-electron chi connectivity index (χ4n) is 0.256. The molecule has 0 aliphatic heterocycles. The second-order valence-corrected chi connectivity index (χ2v) is 1.48. The molecule has 3 nitrogen and oxygen atoms in total. The second kappa shape index (κ2) is 8.01. The van der Waals surface area contributed by atoms with Crippen molar-refractivity contribution >= 4 is 6.03 Å². The van der Waals surface area contributed by atoms with Crippen LogP contribution < -0.4 is 10.6 Å². The number of urea groups is 1. The van der Waals surface area contributed by atoms with Gasteiger partial charge in [-0.3, -0.25) is 0 Å². The summed E-state index contributed by atoms with van der Waals surface area (Å²) >= 11 is 0. The first-order valence-electron chi connectivity index (χ1n) is 3.31. The standard InChI is InChI=1S/C5H10N2O.C2H6.2H2/c1-4(2)7-5(8)6-3;1-2;;/h1H2,2-3H3,(H2,6,7,8);1-2H3;2*1H. The fraction of sp³-hybridized carbons (Fsp3) is 0.571. The summed E-state index contributed by atoms with van der Waals surface area (Å²) in [6.45, 7) is 9.19. The minimum atomic E-state index is -0.225. The van der Waals surface area contributed by atoms with Gasteiger partial charge in [0.25, 0.3) is 0 Å². The molecular weight excluding hydrogens is 128 g/mol. The Balaban J connectivity index is -0.0000000740. The molecule has 0 aromatic heterocycles. The molecule has 0 saturated heterocycles. The topological polar surface area (TPSA) is 41.1 Å². The zero-order valence-electron chi connectivity index (χ0n) is 7.12. The number of nitrogens with one attached hydrogen (secondary N) is 2. The van der Waals surface area contributed by atoms with Crippen LogP contribution in [0.15, 0.2) is 12.3 Å². The van der Waals surface area contributed by atoms with Crippen LogP contribution in [0.4, 0.5) is 4.79 Å². The van der Waals surface area contributed by atoms with Gasteiger partial charge in [0.15, 0.2) is 0 Å². The number of rotatable bonds is 1. The molecule has 10 heavy (non-hydrogen) atoms. The van der Waals surface area contributed by atoms with Crippen molar-refractivity contribution in [2.24, 2.45) is 0 Å². The van der Waals surface area contributed by atoms with Crippen LogP contribution in [0.1, 0.15) is 23.6 Å². The number of hydrogen-bond donors (Lipinski definition) is 2. The van der Waals surface area contributed by atoms with E-state index in [0.717, 1.165) is 0 Å². The Bertz CT molecular complexity index is 118. The molecule has 0 unspecified atom stereocenters. The zero-order chi connectivity index (χ0) is 8.57. The van der Waals surface area contributed by atoms with E-state index in [0.29, 0.717) is 5.70 Å². The van der Waals surface area contributed by atoms with Crippen LogP contribution >= 0.6 is 0 Å². The highest BCUT2D eigenvalue weighted by molar-refractivity contribution is 5.75. The van der Waals surface area contributed by atoms with Crippen LogP contribution in [0.5, 0.6) is 0 Å². The van der Waals surface area contributed by atoms with Crippen molar-refractivity contribution in [1.82, 2.24) is 10.6 Å². The first-order chi connectivity index (χ1) is 4.66. The smallest absolute Gasteiger partial charge is 0.318 e. The third-order valence-corrected chi connectivity index (χ3v) is 0.554. The summed E-state index contributed by atoms with van der Waals surface area (Å²) < 4.78 is 0. The summed E-state index contributed by atoms with van der Waals surface area (Å²) in [4.78, 5) is 10.3. The SMILES string of the molecule is C=C(C)NC(=O)NC.CC.[HH].[HH]. The first kappa shape index (κ1) is 11.8. The lowest BCUT2D eigenvalue weighted by molar-refractivity contribution is 0.245. The average Bonchev–Trinajstić information content (AvgIpc) is 1.91. The fourth-order valence-corrected chi connectivity index (χ4v) is 0.256. The molecule has 0 fully saturated rings. The highest BCUT2D eigenvalue weighted by atomic mass is 16.2. The molecule has 0 spiro atoms. The van der Waals surface area contributed by atoms with Crippen LogP contribution in [0.25, 0.3) is 0 Å². The molecule has 0 aliphatic carbocycles. The van der Waals surface area contributed by atoms with E-state index in [2.05, 4.69) is 17.2 Å². The van der Waals surface area contributed by atoms with Gasteiger partial charge in [-0.2, -0.15) is 0 Å². The summed E-state index contributed by atoms with van der Waals surface area (Å²) in [5.41, 5.74) is 0.643. The predicted octanol–water partition coefficient (Wildman–Crippen LogP) is 1.97. The van der Waals surface area contributed by atoms with E-state index in [1.165, 1.54) is 0 Å². The van der Waals surface area contributed by atoms with Gasteiger partial charge in [0.05, 0.1) is 0 Å². The molecule has 0 saturated carbocycles. The molecule has 0 radical (unpaired) electrons. The molecule has 2 amide bonds. The Morgan fingerprint density at radius 3 is 2.00 bits per heavy atom. The van der Waals surface area contributed by atoms with E-state index in [-0.39, 0.29) is 8.88 Å². The normalized spacial score (nSPS) is 6.80. The molecular formula is C7H20N2O. The summed E-state index contributed by atoms with van der Waals surface area (Å²) in [5.74, 6) is 0. The number of hydrogen-bond acceptors (Lipinski definition) is 1. The van der Waals surface area contributed by atoms with E-state index in [1.807, 2.05) is 13.8 Å². The van der Waals surface area contributed by atoms with Gasteiger partial charge in [-0.15, -0.1) is 0 Å². The van der Waals surface area contributed by atoms with Gasteiger partial charge in [-0.05, 0) is 6.92 Å². The monoisotopic (exact) mass is 148 g/mol. The number of carbonyl (C=O) groups is 1. The van der Waals surface area contributed by atoms with Gasteiger partial charge in [0, 0.05) is 15.6 Å². The van der Waals surface area contributed by atoms with Crippen molar-refractivity contribution < 1.29 is 7.65 Å². The minimum Gasteiger partial charge on any atom is -0.341 e. The highest BCUT2D eigenvalue weighted by Gasteiger charge is 1.90. The highest BCUT2D eigenvalue weighted by Crippen LogP contribution is 1.75. The molecule has 0 rings (SSSR count). The molecule has 0 aromatic carbocycles. The Hall–Kier alpha value is -0.990. The van der Waals surface area contributed by atoms with E-state index in [1.54, 1.807) is 14.0 Å². The maximum Gasteiger partial charge on any atom is 0.318 e. The van der Waals surface area contributed by atoms with Crippen molar-refractivity contribution in [1.29, 1.82) is 0 Å². The molecule has 3 heteroatoms. The lowest BCUT2D eigenvalue weighted by atomic mass is 10.6. The van der Waals surface area contributed by atoms with Gasteiger partial charge in [0.2, 0.25) is 0 Å². The van der Waals surface area contributed by atoms with Gasteiger partial charge < -0.3 is 10.6 Å². The van der Waals surface area contributed by atoms with Crippen molar-refractivity contribution in [3.8, 4) is 0 Å². The van der Waals surface area contributed by atoms with Crippen LogP contribution in [0.2, 0.25) is 0 Å². The summed E-state index contributed by atoms with van der Waals surface area (Å²) in [6, 6.07) is -0.225. The molecule has 0 bridgehead atoms. The second-order valence-electron chi connectivity index (χ2n) is 1.48. The van der Waals surface area contributed by atoms with Gasteiger partial charge >= 0.3 is 6.03 Å². The lowest BCUT2D eigenvalue weighted by Gasteiger charge is -1.99. The van der Waals surface area contributed by atoms with Crippen molar-refractivity contribution in [3.05, 3.63) is 12.3 Å². The minimum absolute atomic E-state index is 0. The molecule has 2 N–H and O–H groups in total. The summed E-state index contributed by atoms with van der Waals surface area (Å²) in [7, 11) is 1.55. The Kier molecular flexibility index (Phi) is 9.42. The molecule has 0 heterocycles. The number of allylic oxidation sites excluding steroid dienone is 1. The molecule has 0 aromatic rings. The van der Waals surface area contributed by atoms with E-state index < -0.39 is 0 Å². The van der Waals surface area contributed by atoms with Gasteiger partial charge in [-0.25, -0.2) is 4.79 Å². The van der Waals surface area contributed by atoms with Crippen LogP contribution in [-0.4, -0.2) is 13.1 Å². The van der Waals surface area contributed by atoms with E-state index in [9.17, 15) is 4.79 Å². The number of amides is 2. The Morgan fingerprint density at radius 2 is 1.90 bits per heavy atom. The van der Waals surface area contributed by atoms with Crippen LogP contribution in [-0.2, 0) is 0 Å². The van der Waals surface area contributed by atoms with Crippen molar-refractivity contribution in [2.45, 2.75) is 20.8 Å². The van der Waals surface area contributed by atoms with E-state index >= 15 is 0 Å². The largest absolute Gasteiger partial charge is 0.341 e. The molecule has 64 valence electrons. The quantitative estimate of drug-likeness (QED) is 0.586. The summed E-state index contributed by atoms with van der Waals surface area (Å²) in [5, 5.41) is 4.83. The van der Waals surface area contributed by atoms with Gasteiger partial charge in [-0.1, -0.05) is 20.4 Å². The third-order valence-electron chi connectivity index (χ3n) is 0.554. The average molecular weight is 148 g/mol. The predicted molar refractivity (Wildman–Crippen MR) is 48.0 cm³/mol. The van der Waals surface area contributed by atoms with Crippen LogP contribution in [0.3, 0.4) is 0 Å². The maximum atomic E-state index is 10.3. The Labute approximate surface area is 65.5 Å². The van der Waals surface area contributed by atoms with Crippen molar-refractivity contribution in [2.75, 3.05) is 7.05 Å². The number of carbonyl (C=O) groups excluding carboxylic acids is 1. The molecule has 0 aliphatic rings. The third kappa shape index (κ3) is 10.1. The zero-order valence-corrected chi connectivity index (χ0v) is 7.12. The summed E-state index contributed by atoms with van der Waals surface area (Å²) in [6.07, 6.45) is 0. The van der Waals surface area contributed by atoms with Gasteiger partial charge in [0.1, 0.15) is 0 Å². The van der Waals surface area contributed by atoms with Crippen LogP contribution in [0, 0.1) is 0 Å². The first-order valence-corrected chi connectivity index (χ1v) is 3.31. The molecule has 0 atom stereocenters. The van der Waals surface area contributed by atoms with Crippen molar-refractivity contribution in [3.63, 3.8) is 0 Å². The van der Waals surface area contributed by atoms with E-state index in [4.69, 9.17) is 0 Å². The lowest BCUT2D eigenvalue weighted by Crippen LogP contribution is -2.30.